The van der Waals surface area contributed by atoms with Gasteiger partial charge in [0, 0.05) is 6.92 Å². The number of halogens is 1. The Balaban J connectivity index is 1.93. The molecule has 0 spiro atoms. The Labute approximate surface area is 83.8 Å². The Hall–Kier alpha value is -0.600. The van der Waals surface area contributed by atoms with Gasteiger partial charge in [-0.15, -0.1) is 0 Å². The molecule has 80 valence electrons. The monoisotopic (exact) mass is 200 g/mol. The van der Waals surface area contributed by atoms with Crippen LogP contribution in [0.3, 0.4) is 0 Å². The Morgan fingerprint density at radius 3 is 2.71 bits per heavy atom. The molecule has 2 nitrogen and oxygen atoms in total. The van der Waals surface area contributed by atoms with E-state index < -0.39 is 6.17 Å². The number of esters is 1. The summed E-state index contributed by atoms with van der Waals surface area (Å²) in [7, 11) is 0. The zero-order valence-corrected chi connectivity index (χ0v) is 8.70. The van der Waals surface area contributed by atoms with Crippen molar-refractivity contribution in [3.8, 4) is 0 Å². The van der Waals surface area contributed by atoms with E-state index in [2.05, 4.69) is 6.92 Å². The highest BCUT2D eigenvalue weighted by Gasteiger charge is 2.51. The van der Waals surface area contributed by atoms with E-state index in [-0.39, 0.29) is 11.9 Å². The molecule has 2 saturated carbocycles. The molecule has 0 N–H and O–H groups in total. The summed E-state index contributed by atoms with van der Waals surface area (Å²) in [4.78, 5) is 10.7. The lowest BCUT2D eigenvalue weighted by atomic mass is 9.80. The number of fused-ring (bicyclic) bond motifs is 2. The van der Waals surface area contributed by atoms with E-state index in [1.54, 1.807) is 0 Å². The van der Waals surface area contributed by atoms with Crippen LogP contribution in [-0.2, 0) is 9.53 Å². The van der Waals surface area contributed by atoms with Crippen molar-refractivity contribution in [1.82, 2.24) is 0 Å². The number of alkyl halides is 1. The van der Waals surface area contributed by atoms with Crippen LogP contribution in [0.2, 0.25) is 0 Å². The van der Waals surface area contributed by atoms with Gasteiger partial charge in [0.2, 0.25) is 0 Å². The molecular formula is C11H17FO2. The average molecular weight is 200 g/mol. The van der Waals surface area contributed by atoms with Crippen molar-refractivity contribution in [2.24, 2.45) is 23.7 Å². The highest BCUT2D eigenvalue weighted by atomic mass is 19.1. The van der Waals surface area contributed by atoms with Crippen LogP contribution in [0.15, 0.2) is 0 Å². The van der Waals surface area contributed by atoms with Gasteiger partial charge >= 0.3 is 5.97 Å². The van der Waals surface area contributed by atoms with Gasteiger partial charge in [0.15, 0.2) is 0 Å². The van der Waals surface area contributed by atoms with Crippen molar-refractivity contribution in [3.05, 3.63) is 0 Å². The van der Waals surface area contributed by atoms with E-state index in [1.807, 2.05) is 0 Å². The predicted octanol–water partition coefficient (Wildman–Crippen LogP) is 2.18. The molecule has 2 rings (SSSR count). The van der Waals surface area contributed by atoms with Crippen LogP contribution >= 0.6 is 0 Å². The first kappa shape index (κ1) is 9.94. The van der Waals surface area contributed by atoms with Gasteiger partial charge in [-0.05, 0) is 36.5 Å². The maximum Gasteiger partial charge on any atom is 0.302 e. The van der Waals surface area contributed by atoms with E-state index in [1.165, 1.54) is 6.92 Å². The lowest BCUT2D eigenvalue weighted by Crippen LogP contribution is -2.30. The third-order valence-corrected chi connectivity index (χ3v) is 4.00. The fourth-order valence-electron chi connectivity index (χ4n) is 3.20. The third kappa shape index (κ3) is 1.53. The Kier molecular flexibility index (Phi) is 2.50. The van der Waals surface area contributed by atoms with Crippen molar-refractivity contribution in [2.45, 2.75) is 32.9 Å². The minimum atomic E-state index is -0.608. The van der Waals surface area contributed by atoms with Gasteiger partial charge in [-0.25, -0.2) is 4.39 Å². The highest BCUT2D eigenvalue weighted by Crippen LogP contribution is 2.53. The molecular weight excluding hydrogens is 183 g/mol. The van der Waals surface area contributed by atoms with E-state index in [4.69, 9.17) is 4.74 Å². The zero-order chi connectivity index (χ0) is 10.3. The topological polar surface area (TPSA) is 26.3 Å². The van der Waals surface area contributed by atoms with Crippen molar-refractivity contribution in [3.63, 3.8) is 0 Å². The van der Waals surface area contributed by atoms with Crippen LogP contribution < -0.4 is 0 Å². The molecule has 5 unspecified atom stereocenters. The molecule has 0 aromatic heterocycles. The molecule has 2 aliphatic carbocycles. The molecule has 0 radical (unpaired) electrons. The van der Waals surface area contributed by atoms with Crippen LogP contribution in [0.25, 0.3) is 0 Å². The summed E-state index contributed by atoms with van der Waals surface area (Å²) in [6.45, 7) is 4.00. The molecule has 0 heterocycles. The molecule has 0 amide bonds. The van der Waals surface area contributed by atoms with Crippen LogP contribution in [0.4, 0.5) is 4.39 Å². The largest absolute Gasteiger partial charge is 0.466 e. The summed E-state index contributed by atoms with van der Waals surface area (Å²) < 4.78 is 18.4. The number of carbonyl (C=O) groups is 1. The fraction of sp³-hybridized carbons (Fsp3) is 0.909. The van der Waals surface area contributed by atoms with Gasteiger partial charge in [-0.1, -0.05) is 6.92 Å². The Morgan fingerprint density at radius 1 is 1.50 bits per heavy atom. The number of rotatable bonds is 2. The average Bonchev–Trinajstić information content (AvgIpc) is 2.58. The normalized spacial score (nSPS) is 45.5. The maximum absolute atomic E-state index is 13.3. The SMILES string of the molecule is CC(=O)OCC1C2CC(F)C(C2)C1C. The Bertz CT molecular complexity index is 239. The zero-order valence-electron chi connectivity index (χ0n) is 8.70. The lowest BCUT2D eigenvalue weighted by molar-refractivity contribution is -0.143. The second kappa shape index (κ2) is 3.52. The Morgan fingerprint density at radius 2 is 2.21 bits per heavy atom. The molecule has 0 aliphatic heterocycles. The van der Waals surface area contributed by atoms with Crippen molar-refractivity contribution >= 4 is 5.97 Å². The fourth-order valence-corrected chi connectivity index (χ4v) is 3.20. The molecule has 0 aromatic rings. The smallest absolute Gasteiger partial charge is 0.302 e. The molecule has 2 bridgehead atoms. The molecule has 2 aliphatic rings. The van der Waals surface area contributed by atoms with Gasteiger partial charge in [0.1, 0.15) is 6.17 Å². The summed E-state index contributed by atoms with van der Waals surface area (Å²) >= 11 is 0. The van der Waals surface area contributed by atoms with Crippen LogP contribution in [-0.4, -0.2) is 18.7 Å². The summed E-state index contributed by atoms with van der Waals surface area (Å²) in [6, 6.07) is 0. The van der Waals surface area contributed by atoms with Crippen LogP contribution in [0.5, 0.6) is 0 Å². The van der Waals surface area contributed by atoms with E-state index in [9.17, 15) is 9.18 Å². The number of hydrogen-bond acceptors (Lipinski definition) is 2. The van der Waals surface area contributed by atoms with Crippen molar-refractivity contribution in [2.75, 3.05) is 6.61 Å². The van der Waals surface area contributed by atoms with Crippen LogP contribution in [0, 0.1) is 23.7 Å². The molecule has 5 atom stereocenters. The molecule has 14 heavy (non-hydrogen) atoms. The lowest BCUT2D eigenvalue weighted by Gasteiger charge is -2.29. The maximum atomic E-state index is 13.3. The minimum absolute atomic E-state index is 0.223. The first-order valence-electron chi connectivity index (χ1n) is 5.37. The second-order valence-corrected chi connectivity index (χ2v) is 4.74. The number of ether oxygens (including phenoxy) is 1. The second-order valence-electron chi connectivity index (χ2n) is 4.74. The molecule has 0 saturated heterocycles. The van der Waals surface area contributed by atoms with Gasteiger partial charge in [0.25, 0.3) is 0 Å². The molecule has 3 heteroatoms. The van der Waals surface area contributed by atoms with E-state index >= 15 is 0 Å². The minimum Gasteiger partial charge on any atom is -0.466 e. The van der Waals surface area contributed by atoms with Gasteiger partial charge in [-0.2, -0.15) is 0 Å². The number of hydrogen-bond donors (Lipinski definition) is 0. The van der Waals surface area contributed by atoms with Gasteiger partial charge in [-0.3, -0.25) is 4.79 Å². The molecule has 0 aromatic carbocycles. The first-order chi connectivity index (χ1) is 6.59. The summed E-state index contributed by atoms with van der Waals surface area (Å²) in [6.07, 6.45) is 1.07. The van der Waals surface area contributed by atoms with Gasteiger partial charge in [0.05, 0.1) is 6.61 Å². The van der Waals surface area contributed by atoms with E-state index in [0.29, 0.717) is 30.8 Å². The predicted molar refractivity (Wildman–Crippen MR) is 50.4 cm³/mol. The van der Waals surface area contributed by atoms with E-state index in [0.717, 1.165) is 6.42 Å². The van der Waals surface area contributed by atoms with Gasteiger partial charge < -0.3 is 4.74 Å². The quantitative estimate of drug-likeness (QED) is 0.639. The van der Waals surface area contributed by atoms with Crippen LogP contribution in [0.1, 0.15) is 26.7 Å². The highest BCUT2D eigenvalue weighted by molar-refractivity contribution is 5.65. The summed E-state index contributed by atoms with van der Waals surface area (Å²) in [5.41, 5.74) is 0. The first-order valence-corrected chi connectivity index (χ1v) is 5.37. The molecule has 2 fully saturated rings. The summed E-state index contributed by atoms with van der Waals surface area (Å²) in [5, 5.41) is 0. The summed E-state index contributed by atoms with van der Waals surface area (Å²) in [5.74, 6) is 1.22. The third-order valence-electron chi connectivity index (χ3n) is 4.00. The standard InChI is InChI=1S/C11H17FO2/c1-6-9-3-8(4-11(9)12)10(6)5-14-7(2)13/h6,8-11H,3-5H2,1-2H3. The number of carbonyl (C=O) groups excluding carboxylic acids is 1. The van der Waals surface area contributed by atoms with Crippen molar-refractivity contribution in [1.29, 1.82) is 0 Å². The van der Waals surface area contributed by atoms with Crippen molar-refractivity contribution < 1.29 is 13.9 Å².